The van der Waals surface area contributed by atoms with Gasteiger partial charge in [-0.2, -0.15) is 15.1 Å². The molecule has 33 heavy (non-hydrogen) atoms. The van der Waals surface area contributed by atoms with Crippen molar-refractivity contribution in [3.8, 4) is 17.1 Å². The van der Waals surface area contributed by atoms with E-state index in [0.29, 0.717) is 43.1 Å². The molecule has 0 spiro atoms. The van der Waals surface area contributed by atoms with Crippen LogP contribution in [-0.2, 0) is 4.79 Å². The number of amides is 1. The topological polar surface area (TPSA) is 91.2 Å². The minimum atomic E-state index is -0.542. The number of fused-ring (bicyclic) bond motifs is 1. The van der Waals surface area contributed by atoms with E-state index in [1.54, 1.807) is 37.4 Å². The lowest BCUT2D eigenvalue weighted by Gasteiger charge is -2.19. The normalized spacial score (nSPS) is 16.7. The molecule has 5 rings (SSSR count). The minimum Gasteiger partial charge on any atom is -0.495 e. The number of hydrogen-bond acceptors (Lipinski definition) is 6. The van der Waals surface area contributed by atoms with Crippen molar-refractivity contribution in [2.24, 2.45) is 10.1 Å². The Kier molecular flexibility index (Phi) is 5.57. The van der Waals surface area contributed by atoms with Crippen molar-refractivity contribution in [1.29, 1.82) is 5.41 Å². The van der Waals surface area contributed by atoms with Gasteiger partial charge in [-0.1, -0.05) is 41.4 Å². The quantitative estimate of drug-likeness (QED) is 0.452. The molecular weight excluding hydrogens is 483 g/mol. The van der Waals surface area contributed by atoms with E-state index in [-0.39, 0.29) is 11.4 Å². The number of thioether (sulfide) groups is 1. The van der Waals surface area contributed by atoms with Crippen molar-refractivity contribution < 1.29 is 13.9 Å². The van der Waals surface area contributed by atoms with Crippen LogP contribution < -0.4 is 4.74 Å². The summed E-state index contributed by atoms with van der Waals surface area (Å²) in [5.74, 6) is 0.876. The summed E-state index contributed by atoms with van der Waals surface area (Å²) in [5.41, 5.74) is 1.53. The fourth-order valence-electron chi connectivity index (χ4n) is 3.28. The van der Waals surface area contributed by atoms with E-state index in [9.17, 15) is 4.79 Å². The van der Waals surface area contributed by atoms with Gasteiger partial charge in [0.2, 0.25) is 5.17 Å². The lowest BCUT2D eigenvalue weighted by Crippen LogP contribution is -2.35. The van der Waals surface area contributed by atoms with Gasteiger partial charge in [-0.05, 0) is 54.2 Å². The average Bonchev–Trinajstić information content (AvgIpc) is 3.44. The van der Waals surface area contributed by atoms with E-state index in [1.165, 1.54) is 22.8 Å². The molecule has 2 aliphatic rings. The molecule has 2 aliphatic heterocycles. The van der Waals surface area contributed by atoms with Crippen LogP contribution in [0.5, 0.6) is 5.75 Å². The first-order chi connectivity index (χ1) is 15.9. The zero-order chi connectivity index (χ0) is 23.1. The van der Waals surface area contributed by atoms with Gasteiger partial charge in [-0.25, -0.2) is 0 Å². The van der Waals surface area contributed by atoms with E-state index in [2.05, 4.69) is 10.1 Å². The summed E-state index contributed by atoms with van der Waals surface area (Å²) in [4.78, 5) is 16.8. The van der Waals surface area contributed by atoms with Gasteiger partial charge in [0.15, 0.2) is 5.84 Å². The summed E-state index contributed by atoms with van der Waals surface area (Å²) < 4.78 is 11.0. The molecule has 1 aromatic heterocycles. The molecule has 1 amide bonds. The number of halogens is 2. The summed E-state index contributed by atoms with van der Waals surface area (Å²) in [6.07, 6.45) is 1.48. The standard InChI is InChI=1S/C23H14Cl2N4O3S/c1-31-19-8-6-12(10-17(19)25)18-9-7-13(32-18)11-15-20(26)29-23(27-21(15)30)33-22(28-29)14-4-2-3-5-16(14)24/h2-11,26H,1H3/b15-11-,26-20?. The smallest absolute Gasteiger partial charge is 0.283 e. The second kappa shape index (κ2) is 8.55. The number of amidine groups is 2. The molecule has 0 fully saturated rings. The summed E-state index contributed by atoms with van der Waals surface area (Å²) in [6, 6.07) is 16.0. The largest absolute Gasteiger partial charge is 0.495 e. The van der Waals surface area contributed by atoms with Crippen molar-refractivity contribution in [1.82, 2.24) is 5.01 Å². The third kappa shape index (κ3) is 3.97. The summed E-state index contributed by atoms with van der Waals surface area (Å²) >= 11 is 13.7. The lowest BCUT2D eigenvalue weighted by atomic mass is 10.1. The number of hydrogen-bond donors (Lipinski definition) is 1. The molecule has 0 aliphatic carbocycles. The Morgan fingerprint density at radius 3 is 2.70 bits per heavy atom. The van der Waals surface area contributed by atoms with E-state index >= 15 is 0 Å². The molecule has 164 valence electrons. The number of benzene rings is 2. The SMILES string of the molecule is COc1ccc(-c2ccc(/C=C3/C(=N)N4N=C(c5ccccc5Cl)SC4=NC3=O)o2)cc1Cl. The molecule has 0 saturated carbocycles. The molecule has 0 saturated heterocycles. The van der Waals surface area contributed by atoms with E-state index < -0.39 is 5.91 Å². The number of methoxy groups -OCH3 is 1. The molecule has 0 bridgehead atoms. The molecular formula is C23H14Cl2N4O3S. The molecule has 3 aromatic rings. The fraction of sp³-hybridized carbons (Fsp3) is 0.0435. The van der Waals surface area contributed by atoms with Gasteiger partial charge in [-0.15, -0.1) is 0 Å². The Balaban J connectivity index is 1.44. The highest BCUT2D eigenvalue weighted by Crippen LogP contribution is 2.34. The predicted molar refractivity (Wildman–Crippen MR) is 131 cm³/mol. The zero-order valence-corrected chi connectivity index (χ0v) is 19.3. The number of furan rings is 1. The first kappa shape index (κ1) is 21.5. The van der Waals surface area contributed by atoms with Gasteiger partial charge in [0, 0.05) is 11.1 Å². The number of rotatable bonds is 4. The number of hydrazone groups is 1. The summed E-state index contributed by atoms with van der Waals surface area (Å²) in [6.45, 7) is 0. The second-order valence-corrected chi connectivity index (χ2v) is 8.73. The molecule has 7 nitrogen and oxygen atoms in total. The summed E-state index contributed by atoms with van der Waals surface area (Å²) in [5, 5.41) is 16.2. The third-order valence-electron chi connectivity index (χ3n) is 4.91. The van der Waals surface area contributed by atoms with Crippen LogP contribution in [0.25, 0.3) is 17.4 Å². The monoisotopic (exact) mass is 496 g/mol. The van der Waals surface area contributed by atoms with Crippen molar-refractivity contribution in [2.45, 2.75) is 0 Å². The first-order valence-corrected chi connectivity index (χ1v) is 11.2. The predicted octanol–water partition coefficient (Wildman–Crippen LogP) is 5.93. The maximum absolute atomic E-state index is 12.7. The van der Waals surface area contributed by atoms with Crippen LogP contribution in [0, 0.1) is 5.41 Å². The number of carbonyl (C=O) groups is 1. The molecule has 3 heterocycles. The van der Waals surface area contributed by atoms with Crippen LogP contribution in [0.1, 0.15) is 11.3 Å². The Hall–Kier alpha value is -3.33. The maximum atomic E-state index is 12.7. The van der Waals surface area contributed by atoms with Crippen LogP contribution in [0.4, 0.5) is 0 Å². The zero-order valence-electron chi connectivity index (χ0n) is 17.0. The van der Waals surface area contributed by atoms with E-state index in [4.69, 9.17) is 37.8 Å². The maximum Gasteiger partial charge on any atom is 0.283 e. The minimum absolute atomic E-state index is 0.0668. The fourth-order valence-corrected chi connectivity index (χ4v) is 4.75. The highest BCUT2D eigenvalue weighted by Gasteiger charge is 2.36. The lowest BCUT2D eigenvalue weighted by molar-refractivity contribution is -0.114. The number of aliphatic imine (C=N–C) groups is 1. The first-order valence-electron chi connectivity index (χ1n) is 9.63. The van der Waals surface area contributed by atoms with Gasteiger partial charge >= 0.3 is 0 Å². The molecule has 0 atom stereocenters. The van der Waals surface area contributed by atoms with Crippen molar-refractivity contribution in [3.05, 3.63) is 81.5 Å². The van der Waals surface area contributed by atoms with E-state index in [0.717, 1.165) is 5.56 Å². The number of ether oxygens (including phenoxy) is 1. The van der Waals surface area contributed by atoms with Crippen LogP contribution in [0.3, 0.4) is 0 Å². The summed E-state index contributed by atoms with van der Waals surface area (Å²) in [7, 11) is 1.54. The molecule has 10 heteroatoms. The van der Waals surface area contributed by atoms with Crippen LogP contribution in [-0.4, -0.2) is 34.1 Å². The molecule has 0 radical (unpaired) electrons. The van der Waals surface area contributed by atoms with Crippen LogP contribution in [0.2, 0.25) is 10.0 Å². The second-order valence-electron chi connectivity index (χ2n) is 6.96. The van der Waals surface area contributed by atoms with Gasteiger partial charge < -0.3 is 9.15 Å². The van der Waals surface area contributed by atoms with Crippen molar-refractivity contribution >= 4 is 63.0 Å². The van der Waals surface area contributed by atoms with Gasteiger partial charge in [0.1, 0.15) is 22.3 Å². The Labute approximate surface area is 202 Å². The highest BCUT2D eigenvalue weighted by molar-refractivity contribution is 8.27. The van der Waals surface area contributed by atoms with Gasteiger partial charge in [0.05, 0.1) is 22.7 Å². The van der Waals surface area contributed by atoms with Gasteiger partial charge in [-0.3, -0.25) is 10.2 Å². The number of nitrogens with zero attached hydrogens (tertiary/aromatic N) is 3. The van der Waals surface area contributed by atoms with Crippen molar-refractivity contribution in [2.75, 3.05) is 7.11 Å². The Morgan fingerprint density at radius 1 is 1.12 bits per heavy atom. The van der Waals surface area contributed by atoms with Gasteiger partial charge in [0.25, 0.3) is 5.91 Å². The average molecular weight is 497 g/mol. The number of carbonyl (C=O) groups excluding carboxylic acids is 1. The molecule has 1 N–H and O–H groups in total. The van der Waals surface area contributed by atoms with Crippen LogP contribution in [0.15, 0.2) is 74.7 Å². The Morgan fingerprint density at radius 2 is 1.94 bits per heavy atom. The highest BCUT2D eigenvalue weighted by atomic mass is 35.5. The van der Waals surface area contributed by atoms with Crippen molar-refractivity contribution in [3.63, 3.8) is 0 Å². The van der Waals surface area contributed by atoms with Crippen LogP contribution >= 0.6 is 35.0 Å². The third-order valence-corrected chi connectivity index (χ3v) is 6.48. The molecule has 2 aromatic carbocycles. The Bertz CT molecular complexity index is 1410. The number of nitrogens with one attached hydrogen (secondary N) is 1. The molecule has 0 unspecified atom stereocenters. The van der Waals surface area contributed by atoms with E-state index in [1.807, 2.05) is 24.3 Å².